The van der Waals surface area contributed by atoms with Crippen LogP contribution in [-0.2, 0) is 11.8 Å². The molecule has 1 aromatic heterocycles. The summed E-state index contributed by atoms with van der Waals surface area (Å²) in [7, 11) is 5.82. The molecule has 0 N–H and O–H groups in total. The fourth-order valence-electron chi connectivity index (χ4n) is 3.65. The normalized spacial score (nSPS) is 25.1. The molecule has 1 spiro atoms. The molecule has 6 nitrogen and oxygen atoms in total. The van der Waals surface area contributed by atoms with Crippen LogP contribution in [0, 0.1) is 5.92 Å². The highest BCUT2D eigenvalue weighted by Crippen LogP contribution is 2.38. The van der Waals surface area contributed by atoms with Crippen LogP contribution in [0.3, 0.4) is 0 Å². The van der Waals surface area contributed by atoms with E-state index in [2.05, 4.69) is 16.9 Å². The number of aryl methyl sites for hydroxylation is 1. The Morgan fingerprint density at radius 2 is 2.24 bits per heavy atom. The van der Waals surface area contributed by atoms with E-state index in [-0.39, 0.29) is 11.4 Å². The van der Waals surface area contributed by atoms with E-state index in [0.29, 0.717) is 11.6 Å². The van der Waals surface area contributed by atoms with Crippen molar-refractivity contribution in [2.45, 2.75) is 18.4 Å². The van der Waals surface area contributed by atoms with Crippen LogP contribution in [0.15, 0.2) is 12.5 Å². The monoisotopic (exact) mass is 292 g/mol. The quantitative estimate of drug-likeness (QED) is 0.819. The van der Waals surface area contributed by atoms with E-state index in [9.17, 15) is 4.79 Å². The predicted molar refractivity (Wildman–Crippen MR) is 79.1 cm³/mol. The average Bonchev–Trinajstić information content (AvgIpc) is 2.85. The lowest BCUT2D eigenvalue weighted by atomic mass is 9.75. The second kappa shape index (κ2) is 5.42. The number of methoxy groups -OCH3 is 1. The van der Waals surface area contributed by atoms with Crippen molar-refractivity contribution in [3.63, 3.8) is 0 Å². The first-order chi connectivity index (χ1) is 10.0. The maximum Gasteiger partial charge on any atom is 0.274 e. The molecule has 6 heteroatoms. The van der Waals surface area contributed by atoms with Crippen molar-refractivity contribution in [2.24, 2.45) is 13.0 Å². The van der Waals surface area contributed by atoms with Crippen molar-refractivity contribution in [2.75, 3.05) is 40.4 Å². The Labute approximate surface area is 125 Å². The highest BCUT2D eigenvalue weighted by atomic mass is 16.5. The van der Waals surface area contributed by atoms with Gasteiger partial charge in [0, 0.05) is 40.1 Å². The standard InChI is InChI=1S/C15H24N4O2/c1-17-7-13(16-11-17)14(20)19-9-15(10-19)6-12(8-21-3)4-5-18(15)2/h7,11-12H,4-6,8-10H2,1-3H3. The molecule has 3 rings (SSSR count). The van der Waals surface area contributed by atoms with Crippen LogP contribution in [0.4, 0.5) is 0 Å². The molecule has 2 aliphatic rings. The van der Waals surface area contributed by atoms with Gasteiger partial charge < -0.3 is 14.2 Å². The molecule has 0 aromatic carbocycles. The van der Waals surface area contributed by atoms with Crippen molar-refractivity contribution in [1.82, 2.24) is 19.4 Å². The Morgan fingerprint density at radius 3 is 2.86 bits per heavy atom. The van der Waals surface area contributed by atoms with Gasteiger partial charge in [0.2, 0.25) is 0 Å². The van der Waals surface area contributed by atoms with E-state index in [4.69, 9.17) is 4.74 Å². The maximum absolute atomic E-state index is 12.4. The molecule has 21 heavy (non-hydrogen) atoms. The third-order valence-electron chi connectivity index (χ3n) is 4.94. The molecule has 1 unspecified atom stereocenters. The van der Waals surface area contributed by atoms with E-state index >= 15 is 0 Å². The summed E-state index contributed by atoms with van der Waals surface area (Å²) in [4.78, 5) is 20.9. The molecule has 0 aliphatic carbocycles. The number of likely N-dealkylation sites (tertiary alicyclic amines) is 2. The van der Waals surface area contributed by atoms with Crippen LogP contribution in [0.2, 0.25) is 0 Å². The van der Waals surface area contributed by atoms with Gasteiger partial charge in [-0.15, -0.1) is 0 Å². The molecule has 0 saturated carbocycles. The first-order valence-corrected chi connectivity index (χ1v) is 7.51. The van der Waals surface area contributed by atoms with Gasteiger partial charge in [0.25, 0.3) is 5.91 Å². The SMILES string of the molecule is COCC1CCN(C)C2(C1)CN(C(=O)c1cn(C)cn1)C2. The number of amides is 1. The fraction of sp³-hybridized carbons (Fsp3) is 0.733. The van der Waals surface area contributed by atoms with E-state index in [1.807, 2.05) is 16.5 Å². The number of aromatic nitrogens is 2. The van der Waals surface area contributed by atoms with Gasteiger partial charge in [0.05, 0.1) is 11.9 Å². The topological polar surface area (TPSA) is 50.6 Å². The first kappa shape index (κ1) is 14.5. The summed E-state index contributed by atoms with van der Waals surface area (Å²) in [5.74, 6) is 0.654. The molecule has 2 saturated heterocycles. The van der Waals surface area contributed by atoms with Gasteiger partial charge in [0.1, 0.15) is 5.69 Å². The molecule has 0 radical (unpaired) electrons. The number of ether oxygens (including phenoxy) is 1. The van der Waals surface area contributed by atoms with Crippen molar-refractivity contribution in [1.29, 1.82) is 0 Å². The molecule has 2 fully saturated rings. The van der Waals surface area contributed by atoms with E-state index in [1.165, 1.54) is 6.42 Å². The third kappa shape index (κ3) is 2.58. The van der Waals surface area contributed by atoms with Crippen molar-refractivity contribution >= 4 is 5.91 Å². The van der Waals surface area contributed by atoms with E-state index < -0.39 is 0 Å². The highest BCUT2D eigenvalue weighted by Gasteiger charge is 2.51. The van der Waals surface area contributed by atoms with Crippen LogP contribution < -0.4 is 0 Å². The second-order valence-corrected chi connectivity index (χ2v) is 6.55. The zero-order valence-corrected chi connectivity index (χ0v) is 13.1. The Balaban J connectivity index is 1.64. The highest BCUT2D eigenvalue weighted by molar-refractivity contribution is 5.92. The fourth-order valence-corrected chi connectivity index (χ4v) is 3.65. The molecule has 3 heterocycles. The smallest absolute Gasteiger partial charge is 0.274 e. The van der Waals surface area contributed by atoms with Crippen molar-refractivity contribution < 1.29 is 9.53 Å². The summed E-state index contributed by atoms with van der Waals surface area (Å²) in [6.07, 6.45) is 5.75. The number of carbonyl (C=O) groups is 1. The lowest BCUT2D eigenvalue weighted by molar-refractivity contribution is -0.0732. The average molecular weight is 292 g/mol. The minimum Gasteiger partial charge on any atom is -0.384 e. The number of rotatable bonds is 3. The van der Waals surface area contributed by atoms with E-state index in [1.54, 1.807) is 19.6 Å². The zero-order chi connectivity index (χ0) is 15.0. The molecular formula is C15H24N4O2. The van der Waals surface area contributed by atoms with Gasteiger partial charge in [-0.25, -0.2) is 4.98 Å². The lowest BCUT2D eigenvalue weighted by Gasteiger charge is -2.58. The largest absolute Gasteiger partial charge is 0.384 e. The number of hydrogen-bond donors (Lipinski definition) is 0. The number of carbonyl (C=O) groups excluding carboxylic acids is 1. The van der Waals surface area contributed by atoms with Crippen LogP contribution in [0.25, 0.3) is 0 Å². The molecule has 2 aliphatic heterocycles. The number of likely N-dealkylation sites (N-methyl/N-ethyl adjacent to an activating group) is 1. The Bertz CT molecular complexity index is 521. The molecular weight excluding hydrogens is 268 g/mol. The molecule has 1 amide bonds. The number of imidazole rings is 1. The molecule has 0 bridgehead atoms. The van der Waals surface area contributed by atoms with Crippen molar-refractivity contribution in [3.05, 3.63) is 18.2 Å². The van der Waals surface area contributed by atoms with Crippen LogP contribution in [-0.4, -0.2) is 71.2 Å². The van der Waals surface area contributed by atoms with Gasteiger partial charge in [-0.3, -0.25) is 9.69 Å². The Morgan fingerprint density at radius 1 is 1.48 bits per heavy atom. The number of hydrogen-bond acceptors (Lipinski definition) is 4. The number of piperidine rings is 1. The predicted octanol–water partition coefficient (Wildman–Crippen LogP) is 0.603. The lowest BCUT2D eigenvalue weighted by Crippen LogP contribution is -2.72. The number of nitrogens with zero attached hydrogens (tertiary/aromatic N) is 4. The van der Waals surface area contributed by atoms with Gasteiger partial charge in [-0.05, 0) is 32.4 Å². The minimum atomic E-state index is 0.0449. The summed E-state index contributed by atoms with van der Waals surface area (Å²) >= 11 is 0. The molecule has 116 valence electrons. The van der Waals surface area contributed by atoms with Gasteiger partial charge in [-0.1, -0.05) is 0 Å². The summed E-state index contributed by atoms with van der Waals surface area (Å²) in [5.41, 5.74) is 0.686. The van der Waals surface area contributed by atoms with E-state index in [0.717, 1.165) is 32.7 Å². The zero-order valence-electron chi connectivity index (χ0n) is 13.1. The summed E-state index contributed by atoms with van der Waals surface area (Å²) < 4.78 is 7.12. The second-order valence-electron chi connectivity index (χ2n) is 6.55. The van der Waals surface area contributed by atoms with Crippen LogP contribution in [0.1, 0.15) is 23.3 Å². The summed E-state index contributed by atoms with van der Waals surface area (Å²) in [5, 5.41) is 0. The minimum absolute atomic E-state index is 0.0449. The van der Waals surface area contributed by atoms with Crippen molar-refractivity contribution in [3.8, 4) is 0 Å². The Hall–Kier alpha value is -1.40. The Kier molecular flexibility index (Phi) is 3.75. The molecule has 1 aromatic rings. The van der Waals surface area contributed by atoms with Crippen LogP contribution in [0.5, 0.6) is 0 Å². The van der Waals surface area contributed by atoms with Gasteiger partial charge >= 0.3 is 0 Å². The van der Waals surface area contributed by atoms with Crippen LogP contribution >= 0.6 is 0 Å². The first-order valence-electron chi connectivity index (χ1n) is 7.51. The third-order valence-corrected chi connectivity index (χ3v) is 4.94. The summed E-state index contributed by atoms with van der Waals surface area (Å²) in [6.45, 7) is 3.52. The molecule has 1 atom stereocenters. The van der Waals surface area contributed by atoms with Gasteiger partial charge in [-0.2, -0.15) is 0 Å². The summed E-state index contributed by atoms with van der Waals surface area (Å²) in [6, 6.07) is 0. The maximum atomic E-state index is 12.4. The van der Waals surface area contributed by atoms with Gasteiger partial charge in [0.15, 0.2) is 0 Å².